The number of aryl methyl sites for hydroxylation is 1. The molecule has 8 nitrogen and oxygen atoms in total. The first-order valence-electron chi connectivity index (χ1n) is 16.9. The van der Waals surface area contributed by atoms with Crippen molar-refractivity contribution in [1.29, 1.82) is 0 Å². The fraction of sp³-hybridized carbons (Fsp3) is 0.432. The van der Waals surface area contributed by atoms with Crippen LogP contribution in [-0.2, 0) is 6.42 Å². The van der Waals surface area contributed by atoms with Crippen LogP contribution >= 0.6 is 0 Å². The van der Waals surface area contributed by atoms with E-state index in [2.05, 4.69) is 27.7 Å². The van der Waals surface area contributed by atoms with Gasteiger partial charge in [0.25, 0.3) is 0 Å². The molecule has 2 aromatic heterocycles. The van der Waals surface area contributed by atoms with Crippen LogP contribution in [0.4, 0.5) is 29.1 Å². The number of aromatic nitrogens is 3. The standard InChI is InChI=1S/C37H35F4N7O/c1-3-23-25(38)9-8-21-14-22(42)15-24(28(21)23)31-30(39)32-29-26(43-31)6-4-7-27-37(41)12-11-36(40,46-37)18-48(27)33(29)45-34(44-32)49-19-35-10-5-13-47(35)17-20(2)16-35/h1,8-9,14-15,27,46H,2,4-7,10-13,16-19,42H2/t27-,35+,36-,37+/m1/s1. The third kappa shape index (κ3) is 4.54. The van der Waals surface area contributed by atoms with Crippen molar-refractivity contribution in [3.05, 3.63) is 59.3 Å². The van der Waals surface area contributed by atoms with E-state index in [1.807, 2.05) is 0 Å². The first-order chi connectivity index (χ1) is 23.5. The van der Waals surface area contributed by atoms with Gasteiger partial charge in [-0.3, -0.25) is 4.90 Å². The van der Waals surface area contributed by atoms with Gasteiger partial charge in [-0.1, -0.05) is 24.1 Å². The van der Waals surface area contributed by atoms with Gasteiger partial charge in [0, 0.05) is 36.0 Å². The molecule has 4 fully saturated rings. The molecule has 4 saturated heterocycles. The van der Waals surface area contributed by atoms with Gasteiger partial charge in [0.2, 0.25) is 0 Å². The number of hydrogen-bond acceptors (Lipinski definition) is 8. The molecular formula is C37H35F4N7O. The second kappa shape index (κ2) is 10.5. The molecule has 0 aliphatic carbocycles. The Morgan fingerprint density at radius 2 is 1.96 bits per heavy atom. The third-order valence-corrected chi connectivity index (χ3v) is 11.3. The van der Waals surface area contributed by atoms with Crippen LogP contribution < -0.4 is 20.7 Å². The fourth-order valence-electron chi connectivity index (χ4n) is 9.22. The lowest BCUT2D eigenvalue weighted by Crippen LogP contribution is -2.68. The molecular weight excluding hydrogens is 634 g/mol. The summed E-state index contributed by atoms with van der Waals surface area (Å²) in [5, 5.41) is 3.72. The molecule has 4 aromatic rings. The summed E-state index contributed by atoms with van der Waals surface area (Å²) in [6.45, 7) is 5.98. The summed E-state index contributed by atoms with van der Waals surface area (Å²) >= 11 is 0. The van der Waals surface area contributed by atoms with Crippen LogP contribution in [0.3, 0.4) is 0 Å². The number of nitrogens with two attached hydrogens (primary N) is 1. The molecule has 0 amide bonds. The first kappa shape index (κ1) is 30.6. The van der Waals surface area contributed by atoms with Crippen LogP contribution in [-0.4, -0.2) is 69.3 Å². The molecule has 0 unspecified atom stereocenters. The zero-order valence-electron chi connectivity index (χ0n) is 26.9. The van der Waals surface area contributed by atoms with E-state index in [1.165, 1.54) is 18.2 Å². The number of piperazine rings is 1. The zero-order valence-corrected chi connectivity index (χ0v) is 26.9. The number of anilines is 2. The average Bonchev–Trinajstić information content (AvgIpc) is 3.68. The molecule has 9 rings (SSSR count). The number of rotatable bonds is 4. The second-order valence-electron chi connectivity index (χ2n) is 14.5. The Morgan fingerprint density at radius 3 is 2.80 bits per heavy atom. The normalized spacial score (nSPS) is 29.2. The highest BCUT2D eigenvalue weighted by atomic mass is 19.2. The van der Waals surface area contributed by atoms with Gasteiger partial charge in [0.1, 0.15) is 29.5 Å². The number of ether oxygens (including phenoxy) is 1. The van der Waals surface area contributed by atoms with E-state index in [0.29, 0.717) is 41.4 Å². The molecule has 0 saturated carbocycles. The largest absolute Gasteiger partial charge is 0.461 e. The molecule has 7 heterocycles. The monoisotopic (exact) mass is 669 g/mol. The lowest BCUT2D eigenvalue weighted by atomic mass is 9.91. The number of nitrogens with zero attached hydrogens (tertiary/aromatic N) is 5. The van der Waals surface area contributed by atoms with Gasteiger partial charge < -0.3 is 15.4 Å². The minimum Gasteiger partial charge on any atom is -0.461 e. The molecule has 4 atom stereocenters. The van der Waals surface area contributed by atoms with Crippen molar-refractivity contribution < 1.29 is 22.3 Å². The molecule has 0 radical (unpaired) electrons. The van der Waals surface area contributed by atoms with Crippen molar-refractivity contribution >= 4 is 33.2 Å². The Morgan fingerprint density at radius 1 is 1.10 bits per heavy atom. The van der Waals surface area contributed by atoms with Crippen molar-refractivity contribution in [2.45, 2.75) is 74.5 Å². The number of nitrogen functional groups attached to an aromatic ring is 1. The Labute approximate surface area is 280 Å². The van der Waals surface area contributed by atoms with Crippen molar-refractivity contribution in [3.8, 4) is 29.6 Å². The summed E-state index contributed by atoms with van der Waals surface area (Å²) in [5.41, 5.74) is 7.87. The molecule has 2 bridgehead atoms. The Balaban J connectivity index is 1.27. The molecule has 2 aromatic carbocycles. The number of alkyl halides is 2. The number of pyridine rings is 1. The lowest BCUT2D eigenvalue weighted by molar-refractivity contribution is 0.00892. The quantitative estimate of drug-likeness (QED) is 0.0886. The van der Waals surface area contributed by atoms with E-state index in [9.17, 15) is 0 Å². The van der Waals surface area contributed by atoms with Crippen molar-refractivity contribution in [3.63, 3.8) is 0 Å². The van der Waals surface area contributed by atoms with Gasteiger partial charge in [-0.05, 0) is 68.7 Å². The van der Waals surface area contributed by atoms with E-state index >= 15 is 17.6 Å². The average molecular weight is 670 g/mol. The first-order valence-corrected chi connectivity index (χ1v) is 16.9. The van der Waals surface area contributed by atoms with Crippen molar-refractivity contribution in [2.75, 3.05) is 36.9 Å². The van der Waals surface area contributed by atoms with E-state index in [0.717, 1.165) is 37.9 Å². The molecule has 0 spiro atoms. The van der Waals surface area contributed by atoms with Crippen LogP contribution in [0.15, 0.2) is 36.4 Å². The number of halogens is 4. The van der Waals surface area contributed by atoms with Crippen molar-refractivity contribution in [2.24, 2.45) is 0 Å². The highest BCUT2D eigenvalue weighted by molar-refractivity contribution is 6.04. The highest BCUT2D eigenvalue weighted by Crippen LogP contribution is 2.49. The molecule has 252 valence electrons. The Kier molecular flexibility index (Phi) is 6.56. The summed E-state index contributed by atoms with van der Waals surface area (Å²) < 4.78 is 71.1. The van der Waals surface area contributed by atoms with Gasteiger partial charge in [0.15, 0.2) is 17.4 Å². The maximum atomic E-state index is 17.2. The van der Waals surface area contributed by atoms with Crippen molar-refractivity contribution in [1.82, 2.24) is 25.2 Å². The predicted molar refractivity (Wildman–Crippen MR) is 179 cm³/mol. The van der Waals surface area contributed by atoms with Crippen LogP contribution in [0.2, 0.25) is 0 Å². The summed E-state index contributed by atoms with van der Waals surface area (Å²) in [4.78, 5) is 18.3. The molecule has 3 N–H and O–H groups in total. The molecule has 5 aliphatic rings. The van der Waals surface area contributed by atoms with Gasteiger partial charge >= 0.3 is 6.01 Å². The smallest absolute Gasteiger partial charge is 0.319 e. The zero-order chi connectivity index (χ0) is 33.9. The SMILES string of the molecule is C#Cc1c(F)ccc2cc(N)cc(-c3nc4c5c(nc(OC[C@@]67CCCN6CC(=C)C7)nc5c3F)N3C[C@@]5(F)CC[C@](F)(N5)[C@H]3CCC4)c12. The van der Waals surface area contributed by atoms with Gasteiger partial charge in [-0.2, -0.15) is 9.97 Å². The van der Waals surface area contributed by atoms with Crippen LogP contribution in [0, 0.1) is 24.0 Å². The summed E-state index contributed by atoms with van der Waals surface area (Å²) in [7, 11) is 0. The predicted octanol–water partition coefficient (Wildman–Crippen LogP) is 6.10. The number of hydrogen-bond donors (Lipinski definition) is 2. The summed E-state index contributed by atoms with van der Waals surface area (Å²) in [6.07, 6.45) is 9.68. The highest BCUT2D eigenvalue weighted by Gasteiger charge is 2.60. The Bertz CT molecular complexity index is 2150. The molecule has 12 heteroatoms. The minimum atomic E-state index is -1.99. The van der Waals surface area contributed by atoms with Gasteiger partial charge in [0.05, 0.1) is 34.8 Å². The number of nitrogens with one attached hydrogen (secondary N) is 1. The molecule has 49 heavy (non-hydrogen) atoms. The van der Waals surface area contributed by atoms with Gasteiger partial charge in [-0.25, -0.2) is 27.9 Å². The fourth-order valence-corrected chi connectivity index (χ4v) is 9.22. The second-order valence-corrected chi connectivity index (χ2v) is 14.5. The van der Waals surface area contributed by atoms with Crippen LogP contribution in [0.25, 0.3) is 32.9 Å². The van der Waals surface area contributed by atoms with Crippen LogP contribution in [0.5, 0.6) is 6.01 Å². The number of terminal acetylenes is 1. The maximum absolute atomic E-state index is 17.2. The van der Waals surface area contributed by atoms with E-state index in [1.54, 1.807) is 11.0 Å². The summed E-state index contributed by atoms with van der Waals surface area (Å²) in [6, 6.07) is 5.12. The van der Waals surface area contributed by atoms with Crippen LogP contribution in [0.1, 0.15) is 56.2 Å². The lowest BCUT2D eigenvalue weighted by Gasteiger charge is -2.47. The Hall–Kier alpha value is -4.47. The third-order valence-electron chi connectivity index (χ3n) is 11.3. The topological polar surface area (TPSA) is 92.4 Å². The molecule has 5 aliphatic heterocycles. The number of benzene rings is 2. The van der Waals surface area contributed by atoms with E-state index in [4.69, 9.17) is 26.9 Å². The minimum absolute atomic E-state index is 0.00526. The maximum Gasteiger partial charge on any atom is 0.319 e. The number of fused-ring (bicyclic) bond motifs is 7. The summed E-state index contributed by atoms with van der Waals surface area (Å²) in [5.74, 6) is -2.82. The van der Waals surface area contributed by atoms with E-state index < -0.39 is 29.3 Å². The van der Waals surface area contributed by atoms with Gasteiger partial charge in [-0.15, -0.1) is 6.42 Å². The van der Waals surface area contributed by atoms with E-state index in [-0.39, 0.29) is 71.1 Å².